The lowest BCUT2D eigenvalue weighted by molar-refractivity contribution is -0.121. The van der Waals surface area contributed by atoms with Crippen LogP contribution in [-0.2, 0) is 11.3 Å². The van der Waals surface area contributed by atoms with Crippen LogP contribution in [-0.4, -0.2) is 31.0 Å². The average Bonchev–Trinajstić information content (AvgIpc) is 2.38. The molecule has 0 radical (unpaired) electrons. The summed E-state index contributed by atoms with van der Waals surface area (Å²) >= 11 is 9.53. The first-order valence-electron chi connectivity index (χ1n) is 6.91. The summed E-state index contributed by atoms with van der Waals surface area (Å²) in [6, 6.07) is 5.69. The van der Waals surface area contributed by atoms with Gasteiger partial charge in [0.05, 0.1) is 6.54 Å². The third-order valence-electron chi connectivity index (χ3n) is 2.62. The molecule has 0 spiro atoms. The highest BCUT2D eigenvalue weighted by Crippen LogP contribution is 2.21. The van der Waals surface area contributed by atoms with E-state index in [0.717, 1.165) is 10.0 Å². The van der Waals surface area contributed by atoms with Gasteiger partial charge in [-0.15, -0.1) is 24.0 Å². The number of rotatable bonds is 4. The third-order valence-corrected chi connectivity index (χ3v) is 3.46. The molecule has 0 aromatic heterocycles. The van der Waals surface area contributed by atoms with E-state index in [2.05, 4.69) is 36.9 Å². The first-order chi connectivity index (χ1) is 10.2. The van der Waals surface area contributed by atoms with E-state index < -0.39 is 0 Å². The highest BCUT2D eigenvalue weighted by molar-refractivity contribution is 14.0. The summed E-state index contributed by atoms with van der Waals surface area (Å²) in [4.78, 5) is 15.8. The molecule has 0 fully saturated rings. The molecule has 1 aromatic carbocycles. The van der Waals surface area contributed by atoms with Crippen LogP contribution in [0.5, 0.6) is 0 Å². The Kier molecular flexibility index (Phi) is 10.1. The van der Waals surface area contributed by atoms with Crippen LogP contribution in [0.4, 0.5) is 0 Å². The fourth-order valence-corrected chi connectivity index (χ4v) is 2.43. The minimum absolute atomic E-state index is 0. The maximum atomic E-state index is 11.8. The number of hydrogen-bond donors (Lipinski definition) is 3. The number of nitrogens with zero attached hydrogens (tertiary/aromatic N) is 1. The number of guanidine groups is 1. The van der Waals surface area contributed by atoms with E-state index in [1.165, 1.54) is 0 Å². The summed E-state index contributed by atoms with van der Waals surface area (Å²) < 4.78 is 0.933. The zero-order valence-electron chi connectivity index (χ0n) is 13.7. The van der Waals surface area contributed by atoms with Crippen LogP contribution < -0.4 is 16.0 Å². The Morgan fingerprint density at radius 3 is 2.48 bits per heavy atom. The molecule has 130 valence electrons. The zero-order chi connectivity index (χ0) is 16.8. The van der Waals surface area contributed by atoms with Gasteiger partial charge in [0.2, 0.25) is 5.91 Å². The summed E-state index contributed by atoms with van der Waals surface area (Å²) in [5.41, 5.74) is 0.702. The van der Waals surface area contributed by atoms with Gasteiger partial charge in [0, 0.05) is 28.6 Å². The molecule has 0 aliphatic heterocycles. The summed E-state index contributed by atoms with van der Waals surface area (Å²) in [6.45, 7) is 6.49. The second kappa shape index (κ2) is 10.4. The number of hydrogen-bond acceptors (Lipinski definition) is 2. The molecule has 0 unspecified atom stereocenters. The van der Waals surface area contributed by atoms with Crippen molar-refractivity contribution in [3.05, 3.63) is 33.3 Å². The third kappa shape index (κ3) is 9.36. The molecule has 23 heavy (non-hydrogen) atoms. The Morgan fingerprint density at radius 2 is 1.96 bits per heavy atom. The lowest BCUT2D eigenvalue weighted by atomic mass is 10.1. The van der Waals surface area contributed by atoms with Crippen LogP contribution in [0.15, 0.2) is 27.7 Å². The molecule has 0 atom stereocenters. The Balaban J connectivity index is 0.00000484. The Hall–Kier alpha value is -0.540. The highest BCUT2D eigenvalue weighted by Gasteiger charge is 2.13. The molecule has 0 heterocycles. The Morgan fingerprint density at radius 1 is 1.30 bits per heavy atom. The van der Waals surface area contributed by atoms with E-state index in [4.69, 9.17) is 11.6 Å². The number of carbonyl (C=O) groups excluding carboxylic acids is 1. The van der Waals surface area contributed by atoms with Gasteiger partial charge < -0.3 is 16.0 Å². The maximum Gasteiger partial charge on any atom is 0.239 e. The van der Waals surface area contributed by atoms with Crippen LogP contribution in [0, 0.1) is 0 Å². The minimum atomic E-state index is -0.249. The second-order valence-corrected chi connectivity index (χ2v) is 7.14. The maximum absolute atomic E-state index is 11.8. The molecular weight excluding hydrogens is 494 g/mol. The molecule has 0 saturated carbocycles. The van der Waals surface area contributed by atoms with Crippen molar-refractivity contribution in [3.8, 4) is 0 Å². The topological polar surface area (TPSA) is 65.5 Å². The van der Waals surface area contributed by atoms with Crippen molar-refractivity contribution in [1.29, 1.82) is 0 Å². The van der Waals surface area contributed by atoms with Gasteiger partial charge in [-0.3, -0.25) is 9.79 Å². The van der Waals surface area contributed by atoms with E-state index in [9.17, 15) is 4.79 Å². The van der Waals surface area contributed by atoms with Gasteiger partial charge in [-0.1, -0.05) is 33.6 Å². The number of aliphatic imine (C=N–C) groups is 1. The Bertz CT molecular complexity index is 561. The van der Waals surface area contributed by atoms with Crippen molar-refractivity contribution in [2.75, 3.05) is 13.6 Å². The largest absolute Gasteiger partial charge is 0.352 e. The zero-order valence-corrected chi connectivity index (χ0v) is 18.3. The Labute approximate surface area is 168 Å². The molecule has 0 aliphatic rings. The van der Waals surface area contributed by atoms with Gasteiger partial charge in [-0.25, -0.2) is 0 Å². The SMILES string of the molecule is CN=C(NCC(=O)NC(C)(C)C)NCc1ccc(Br)cc1Cl.I. The van der Waals surface area contributed by atoms with Gasteiger partial charge in [-0.2, -0.15) is 0 Å². The van der Waals surface area contributed by atoms with Crippen molar-refractivity contribution >= 4 is 63.4 Å². The molecule has 0 aliphatic carbocycles. The molecule has 0 bridgehead atoms. The molecule has 3 N–H and O–H groups in total. The molecule has 0 saturated heterocycles. The van der Waals surface area contributed by atoms with E-state index in [-0.39, 0.29) is 42.0 Å². The van der Waals surface area contributed by atoms with Crippen molar-refractivity contribution in [2.45, 2.75) is 32.9 Å². The lowest BCUT2D eigenvalue weighted by Gasteiger charge is -2.21. The van der Waals surface area contributed by atoms with Crippen molar-refractivity contribution in [1.82, 2.24) is 16.0 Å². The summed E-state index contributed by atoms with van der Waals surface area (Å²) in [6.07, 6.45) is 0. The predicted octanol–water partition coefficient (Wildman–Crippen LogP) is 3.30. The van der Waals surface area contributed by atoms with Crippen molar-refractivity contribution < 1.29 is 4.79 Å². The van der Waals surface area contributed by atoms with E-state index in [1.54, 1.807) is 7.05 Å². The van der Waals surface area contributed by atoms with Crippen molar-refractivity contribution in [3.63, 3.8) is 0 Å². The summed E-state index contributed by atoms with van der Waals surface area (Å²) in [5, 5.41) is 9.64. The quantitative estimate of drug-likeness (QED) is 0.326. The van der Waals surface area contributed by atoms with Crippen molar-refractivity contribution in [2.24, 2.45) is 4.99 Å². The van der Waals surface area contributed by atoms with Gasteiger partial charge in [0.1, 0.15) is 0 Å². The minimum Gasteiger partial charge on any atom is -0.352 e. The smallest absolute Gasteiger partial charge is 0.239 e. The number of nitrogens with one attached hydrogen (secondary N) is 3. The van der Waals surface area contributed by atoms with Gasteiger partial charge in [0.15, 0.2) is 5.96 Å². The van der Waals surface area contributed by atoms with Crippen LogP contribution in [0.1, 0.15) is 26.3 Å². The fraction of sp³-hybridized carbons (Fsp3) is 0.467. The molecule has 5 nitrogen and oxygen atoms in total. The fourth-order valence-electron chi connectivity index (χ4n) is 1.69. The van der Waals surface area contributed by atoms with Crippen LogP contribution in [0.2, 0.25) is 5.02 Å². The first kappa shape index (κ1) is 22.5. The average molecular weight is 518 g/mol. The standard InChI is InChI=1S/C15H22BrClN4O.HI/c1-15(2,3)21-13(22)9-20-14(18-4)19-8-10-5-6-11(16)7-12(10)17;/h5-7H,8-9H2,1-4H3,(H,21,22)(H2,18,19,20);1H. The number of amides is 1. The van der Waals surface area contributed by atoms with Crippen LogP contribution in [0.3, 0.4) is 0 Å². The molecule has 1 amide bonds. The van der Waals surface area contributed by atoms with Gasteiger partial charge in [0.25, 0.3) is 0 Å². The van der Waals surface area contributed by atoms with E-state index in [0.29, 0.717) is 17.5 Å². The molecule has 1 aromatic rings. The monoisotopic (exact) mass is 516 g/mol. The van der Waals surface area contributed by atoms with E-state index >= 15 is 0 Å². The summed E-state index contributed by atoms with van der Waals surface area (Å²) in [7, 11) is 1.65. The number of halogens is 3. The second-order valence-electron chi connectivity index (χ2n) is 5.81. The normalized spacial score (nSPS) is 11.5. The van der Waals surface area contributed by atoms with Crippen LogP contribution in [0.25, 0.3) is 0 Å². The van der Waals surface area contributed by atoms with E-state index in [1.807, 2.05) is 39.0 Å². The predicted molar refractivity (Wildman–Crippen MR) is 111 cm³/mol. The van der Waals surface area contributed by atoms with Gasteiger partial charge in [-0.05, 0) is 38.5 Å². The molecule has 8 heteroatoms. The van der Waals surface area contributed by atoms with Gasteiger partial charge >= 0.3 is 0 Å². The first-order valence-corrected chi connectivity index (χ1v) is 8.08. The summed E-state index contributed by atoms with van der Waals surface area (Å²) in [5.74, 6) is 0.458. The highest BCUT2D eigenvalue weighted by atomic mass is 127. The number of carbonyl (C=O) groups is 1. The van der Waals surface area contributed by atoms with Crippen LogP contribution >= 0.6 is 51.5 Å². The lowest BCUT2D eigenvalue weighted by Crippen LogP contribution is -2.48. The molecule has 1 rings (SSSR count). The number of benzene rings is 1. The molecular formula is C15H23BrClIN4O.